The van der Waals surface area contributed by atoms with Crippen molar-refractivity contribution in [3.05, 3.63) is 0 Å². The first-order chi connectivity index (χ1) is 5.49. The number of nitrogens with zero attached hydrogens (tertiary/aromatic N) is 2. The third-order valence-corrected chi connectivity index (χ3v) is 2.31. The smallest absolute Gasteiger partial charge is 0.125 e. The second-order valence-electron chi connectivity index (χ2n) is 3.31. The lowest BCUT2D eigenvalue weighted by atomic mass is 9.83. The minimum absolute atomic E-state index is 0.119. The lowest BCUT2D eigenvalue weighted by Crippen LogP contribution is -2.67. The summed E-state index contributed by atoms with van der Waals surface area (Å²) in [6, 6.07) is 0. The Balaban J connectivity index is 3.02. The van der Waals surface area contributed by atoms with Crippen LogP contribution >= 0.6 is 0 Å². The molecule has 0 amide bonds. The van der Waals surface area contributed by atoms with Crippen molar-refractivity contribution in [1.29, 1.82) is 0 Å². The van der Waals surface area contributed by atoms with Crippen LogP contribution in [0, 0.1) is 5.92 Å². The van der Waals surface area contributed by atoms with Crippen molar-refractivity contribution in [1.82, 2.24) is 0 Å². The first-order valence-corrected chi connectivity index (χ1v) is 3.89. The van der Waals surface area contributed by atoms with Crippen molar-refractivity contribution in [3.8, 4) is 0 Å². The fourth-order valence-corrected chi connectivity index (χ4v) is 1.19. The maximum Gasteiger partial charge on any atom is 0.125 e. The quantitative estimate of drug-likeness (QED) is 0.470. The maximum atomic E-state index is 5.99. The van der Waals surface area contributed by atoms with E-state index in [1.165, 1.54) is 6.34 Å². The Hall–Kier alpha value is -0.940. The third-order valence-electron chi connectivity index (χ3n) is 2.31. The minimum Gasteiger partial charge on any atom is -0.385 e. The van der Waals surface area contributed by atoms with E-state index >= 15 is 0 Å². The first-order valence-electron chi connectivity index (χ1n) is 3.89. The maximum absolute atomic E-state index is 5.99. The fraction of sp³-hybridized carbons (Fsp3) is 0.714. The average molecular weight is 169 g/mol. The van der Waals surface area contributed by atoms with Gasteiger partial charge in [0.1, 0.15) is 23.9 Å². The molecule has 1 heterocycles. The van der Waals surface area contributed by atoms with Crippen molar-refractivity contribution >= 4 is 12.2 Å². The number of rotatable bonds is 1. The van der Waals surface area contributed by atoms with Gasteiger partial charge in [0.25, 0.3) is 0 Å². The summed E-state index contributed by atoms with van der Waals surface area (Å²) in [5.41, 5.74) is 16.6. The van der Waals surface area contributed by atoms with Gasteiger partial charge in [-0.3, -0.25) is 4.99 Å². The second-order valence-corrected chi connectivity index (χ2v) is 3.31. The van der Waals surface area contributed by atoms with E-state index in [9.17, 15) is 0 Å². The molecule has 1 rings (SSSR count). The second kappa shape index (κ2) is 2.84. The van der Waals surface area contributed by atoms with Gasteiger partial charge in [-0.2, -0.15) is 0 Å². The summed E-state index contributed by atoms with van der Waals surface area (Å²) >= 11 is 0. The summed E-state index contributed by atoms with van der Waals surface area (Å²) in [6.45, 7) is 3.90. The van der Waals surface area contributed by atoms with E-state index < -0.39 is 11.7 Å². The number of aliphatic imine (C=N–C) groups is 2. The Labute approximate surface area is 71.7 Å². The van der Waals surface area contributed by atoms with Crippen LogP contribution in [-0.2, 0) is 0 Å². The van der Waals surface area contributed by atoms with Gasteiger partial charge in [-0.15, -0.1) is 0 Å². The molecule has 0 aliphatic carbocycles. The fourth-order valence-electron chi connectivity index (χ4n) is 1.19. The number of amidine groups is 1. The molecule has 0 radical (unpaired) electrons. The normalized spacial score (nSPS) is 35.4. The van der Waals surface area contributed by atoms with Gasteiger partial charge in [0.15, 0.2) is 0 Å². The molecule has 0 fully saturated rings. The van der Waals surface area contributed by atoms with Crippen LogP contribution in [0.15, 0.2) is 9.98 Å². The van der Waals surface area contributed by atoms with Crippen molar-refractivity contribution < 1.29 is 0 Å². The molecule has 0 aromatic rings. The highest BCUT2D eigenvalue weighted by Gasteiger charge is 2.41. The molecule has 2 unspecified atom stereocenters. The summed E-state index contributed by atoms with van der Waals surface area (Å²) in [7, 11) is 0. The number of nitrogens with two attached hydrogens (primary N) is 3. The van der Waals surface area contributed by atoms with Crippen molar-refractivity contribution in [2.75, 3.05) is 0 Å². The van der Waals surface area contributed by atoms with Gasteiger partial charge in [0.05, 0.1) is 0 Å². The summed E-state index contributed by atoms with van der Waals surface area (Å²) in [6.07, 6.45) is 0.864. The summed E-state index contributed by atoms with van der Waals surface area (Å²) in [5, 5.41) is 0. The Kier molecular flexibility index (Phi) is 2.16. The highest BCUT2D eigenvalue weighted by Crippen LogP contribution is 2.20. The third kappa shape index (κ3) is 1.11. The van der Waals surface area contributed by atoms with Crippen molar-refractivity contribution in [2.24, 2.45) is 33.1 Å². The van der Waals surface area contributed by atoms with Crippen LogP contribution in [0.3, 0.4) is 0 Å². The van der Waals surface area contributed by atoms with Crippen LogP contribution in [0.2, 0.25) is 0 Å². The van der Waals surface area contributed by atoms with Crippen LogP contribution in [0.4, 0.5) is 0 Å². The molecule has 12 heavy (non-hydrogen) atoms. The molecule has 5 nitrogen and oxygen atoms in total. The zero-order chi connectivity index (χ0) is 9.35. The van der Waals surface area contributed by atoms with Crippen LogP contribution in [0.25, 0.3) is 0 Å². The highest BCUT2D eigenvalue weighted by molar-refractivity contribution is 5.97. The molecule has 0 aromatic heterocycles. The molecule has 2 atom stereocenters. The van der Waals surface area contributed by atoms with Gasteiger partial charge < -0.3 is 17.2 Å². The molecular formula is C7H15N5. The van der Waals surface area contributed by atoms with E-state index in [-0.39, 0.29) is 5.92 Å². The van der Waals surface area contributed by atoms with E-state index in [0.29, 0.717) is 5.84 Å². The zero-order valence-corrected chi connectivity index (χ0v) is 7.36. The molecule has 1 aliphatic rings. The van der Waals surface area contributed by atoms with Crippen LogP contribution < -0.4 is 17.2 Å². The zero-order valence-electron chi connectivity index (χ0n) is 7.36. The van der Waals surface area contributed by atoms with Gasteiger partial charge in [-0.05, 0) is 5.92 Å². The van der Waals surface area contributed by atoms with E-state index in [4.69, 9.17) is 17.2 Å². The largest absolute Gasteiger partial charge is 0.385 e. The van der Waals surface area contributed by atoms with Gasteiger partial charge in [-0.1, -0.05) is 13.8 Å². The van der Waals surface area contributed by atoms with Crippen molar-refractivity contribution in [3.63, 3.8) is 0 Å². The monoisotopic (exact) mass is 169 g/mol. The molecular weight excluding hydrogens is 154 g/mol. The van der Waals surface area contributed by atoms with E-state index in [1.54, 1.807) is 0 Å². The minimum atomic E-state index is -0.797. The molecule has 0 saturated heterocycles. The highest BCUT2D eigenvalue weighted by atomic mass is 15.1. The van der Waals surface area contributed by atoms with Crippen molar-refractivity contribution in [2.45, 2.75) is 25.6 Å². The summed E-state index contributed by atoms with van der Waals surface area (Å²) in [5.74, 6) is 0.480. The van der Waals surface area contributed by atoms with Crippen LogP contribution in [-0.4, -0.2) is 23.9 Å². The van der Waals surface area contributed by atoms with Gasteiger partial charge >= 0.3 is 0 Å². The Morgan fingerprint density at radius 3 is 2.50 bits per heavy atom. The average Bonchev–Trinajstić information content (AvgIpc) is 1.99. The predicted octanol–water partition coefficient (Wildman–Crippen LogP) is -0.976. The number of hydrogen-bond acceptors (Lipinski definition) is 5. The molecule has 5 heteroatoms. The summed E-state index contributed by atoms with van der Waals surface area (Å²) < 4.78 is 0. The molecule has 6 N–H and O–H groups in total. The van der Waals surface area contributed by atoms with E-state index in [0.717, 1.165) is 0 Å². The first kappa shape index (κ1) is 9.15. The predicted molar refractivity (Wildman–Crippen MR) is 49.8 cm³/mol. The van der Waals surface area contributed by atoms with Crippen LogP contribution in [0.1, 0.15) is 13.8 Å². The molecule has 0 spiro atoms. The molecule has 0 aromatic carbocycles. The lowest BCUT2D eigenvalue weighted by molar-refractivity contribution is 0.345. The summed E-state index contributed by atoms with van der Waals surface area (Å²) in [4.78, 5) is 7.77. The van der Waals surface area contributed by atoms with Gasteiger partial charge in [-0.25, -0.2) is 4.99 Å². The number of hydrogen-bond donors (Lipinski definition) is 3. The van der Waals surface area contributed by atoms with Gasteiger partial charge in [0, 0.05) is 0 Å². The SMILES string of the molecule is CC(C)C1(N)C(N)=NC=NC1N. The standard InChI is InChI=1S/C7H15N5/c1-4(2)7(10)5(8)11-3-12-6(7)9/h3-5H,8,10H2,1-2H3,(H2,9,11,12). The Bertz CT molecular complexity index is 232. The topological polar surface area (TPSA) is 103 Å². The lowest BCUT2D eigenvalue weighted by Gasteiger charge is -2.37. The van der Waals surface area contributed by atoms with E-state index in [2.05, 4.69) is 9.98 Å². The molecule has 0 saturated carbocycles. The Morgan fingerprint density at radius 2 is 2.17 bits per heavy atom. The molecule has 0 bridgehead atoms. The molecule has 68 valence electrons. The molecule has 1 aliphatic heterocycles. The van der Waals surface area contributed by atoms with Crippen LogP contribution in [0.5, 0.6) is 0 Å². The Morgan fingerprint density at radius 1 is 1.58 bits per heavy atom. The van der Waals surface area contributed by atoms with Gasteiger partial charge in [0.2, 0.25) is 0 Å². The van der Waals surface area contributed by atoms with E-state index in [1.807, 2.05) is 13.8 Å².